The second-order valence-electron chi connectivity index (χ2n) is 5.61. The topological polar surface area (TPSA) is 29.1 Å². The molecule has 126 valence electrons. The summed E-state index contributed by atoms with van der Waals surface area (Å²) in [4.78, 5) is 13.4. The van der Waals surface area contributed by atoms with Crippen molar-refractivity contribution in [1.82, 2.24) is 0 Å². The molecule has 0 radical (unpaired) electrons. The number of benzene rings is 3. The fraction of sp³-hybridized carbons (Fsp3) is 0.0952. The van der Waals surface area contributed by atoms with Gasteiger partial charge < -0.3 is 5.32 Å². The van der Waals surface area contributed by atoms with Gasteiger partial charge in [0.2, 0.25) is 5.91 Å². The Kier molecular flexibility index (Phi) is 5.51. The predicted molar refractivity (Wildman–Crippen MR) is 102 cm³/mol. The summed E-state index contributed by atoms with van der Waals surface area (Å²) in [5.74, 6) is -0.365. The largest absolute Gasteiger partial charge is 0.325 e. The van der Waals surface area contributed by atoms with Crippen molar-refractivity contribution in [2.75, 3.05) is 5.32 Å². The third-order valence-corrected chi connectivity index (χ3v) is 4.88. The zero-order valence-corrected chi connectivity index (χ0v) is 14.6. The van der Waals surface area contributed by atoms with E-state index in [4.69, 9.17) is 0 Å². The normalized spacial score (nSPS) is 11.8. The van der Waals surface area contributed by atoms with Gasteiger partial charge in [-0.15, -0.1) is 11.8 Å². The van der Waals surface area contributed by atoms with Crippen LogP contribution in [0.3, 0.4) is 0 Å². The molecule has 3 aromatic rings. The van der Waals surface area contributed by atoms with Crippen LogP contribution in [-0.2, 0) is 4.79 Å². The lowest BCUT2D eigenvalue weighted by molar-refractivity contribution is -0.115. The molecule has 0 spiro atoms. The van der Waals surface area contributed by atoms with E-state index in [9.17, 15) is 9.18 Å². The number of para-hydroxylation sites is 1. The SMILES string of the molecule is C[C@@H](Sc1ccc(F)cc1)C(=O)Nc1ccccc1-c1ccccc1. The van der Waals surface area contributed by atoms with Gasteiger partial charge in [0, 0.05) is 16.1 Å². The number of rotatable bonds is 5. The van der Waals surface area contributed by atoms with Crippen molar-refractivity contribution in [2.45, 2.75) is 17.1 Å². The van der Waals surface area contributed by atoms with E-state index in [0.717, 1.165) is 21.7 Å². The molecule has 4 heteroatoms. The minimum atomic E-state index is -0.297. The van der Waals surface area contributed by atoms with Crippen LogP contribution in [0.15, 0.2) is 83.8 Å². The summed E-state index contributed by atoms with van der Waals surface area (Å²) >= 11 is 1.40. The molecule has 0 unspecified atom stereocenters. The van der Waals surface area contributed by atoms with Crippen LogP contribution in [0.4, 0.5) is 10.1 Å². The standard InChI is InChI=1S/C21H18FNOS/c1-15(25-18-13-11-17(22)12-14-18)21(24)23-20-10-6-5-9-19(20)16-7-3-2-4-8-16/h2-15H,1H3,(H,23,24)/t15-/m1/s1. The molecule has 1 N–H and O–H groups in total. The first-order chi connectivity index (χ1) is 12.1. The number of nitrogens with one attached hydrogen (secondary N) is 1. The average Bonchev–Trinajstić information content (AvgIpc) is 2.64. The van der Waals surface area contributed by atoms with Gasteiger partial charge in [0.15, 0.2) is 0 Å². The smallest absolute Gasteiger partial charge is 0.237 e. The second-order valence-corrected chi connectivity index (χ2v) is 7.03. The van der Waals surface area contributed by atoms with Crippen molar-refractivity contribution >= 4 is 23.4 Å². The first kappa shape index (κ1) is 17.2. The van der Waals surface area contributed by atoms with Crippen LogP contribution >= 0.6 is 11.8 Å². The first-order valence-corrected chi connectivity index (χ1v) is 8.89. The molecule has 0 saturated carbocycles. The molecule has 1 atom stereocenters. The Morgan fingerprint density at radius 3 is 2.28 bits per heavy atom. The number of amides is 1. The van der Waals surface area contributed by atoms with Crippen molar-refractivity contribution in [1.29, 1.82) is 0 Å². The number of anilines is 1. The Labute approximate surface area is 151 Å². The number of carbonyl (C=O) groups is 1. The third kappa shape index (κ3) is 4.48. The minimum absolute atomic E-state index is 0.0855. The molecule has 0 aliphatic rings. The summed E-state index contributed by atoms with van der Waals surface area (Å²) in [6.07, 6.45) is 0. The summed E-state index contributed by atoms with van der Waals surface area (Å²) in [6, 6.07) is 23.9. The molecule has 0 fully saturated rings. The van der Waals surface area contributed by atoms with Crippen LogP contribution in [0.1, 0.15) is 6.92 Å². The highest BCUT2D eigenvalue weighted by molar-refractivity contribution is 8.00. The third-order valence-electron chi connectivity index (χ3n) is 3.77. The maximum absolute atomic E-state index is 13.0. The summed E-state index contributed by atoms with van der Waals surface area (Å²) in [7, 11) is 0. The Bertz CT molecular complexity index is 849. The lowest BCUT2D eigenvalue weighted by Crippen LogP contribution is -2.22. The molecule has 2 nitrogen and oxygen atoms in total. The second kappa shape index (κ2) is 7.99. The van der Waals surface area contributed by atoms with E-state index in [1.807, 2.05) is 61.5 Å². The average molecular weight is 351 g/mol. The first-order valence-electron chi connectivity index (χ1n) is 8.01. The summed E-state index contributed by atoms with van der Waals surface area (Å²) in [6.45, 7) is 1.84. The fourth-order valence-corrected chi connectivity index (χ4v) is 3.33. The van der Waals surface area contributed by atoms with Crippen molar-refractivity contribution in [2.24, 2.45) is 0 Å². The molecule has 0 bridgehead atoms. The molecule has 1 amide bonds. The molecule has 3 rings (SSSR count). The molecule has 25 heavy (non-hydrogen) atoms. The van der Waals surface area contributed by atoms with E-state index < -0.39 is 0 Å². The van der Waals surface area contributed by atoms with Crippen LogP contribution < -0.4 is 5.32 Å². The minimum Gasteiger partial charge on any atom is -0.325 e. The highest BCUT2D eigenvalue weighted by atomic mass is 32.2. The van der Waals surface area contributed by atoms with Gasteiger partial charge in [-0.25, -0.2) is 4.39 Å². The summed E-state index contributed by atoms with van der Waals surface area (Å²) < 4.78 is 13.0. The maximum atomic E-state index is 13.0. The van der Waals surface area contributed by atoms with E-state index in [-0.39, 0.29) is 17.0 Å². The maximum Gasteiger partial charge on any atom is 0.237 e. The zero-order chi connectivity index (χ0) is 17.6. The van der Waals surface area contributed by atoms with Gasteiger partial charge in [-0.2, -0.15) is 0 Å². The Morgan fingerprint density at radius 2 is 1.56 bits per heavy atom. The van der Waals surface area contributed by atoms with Crippen LogP contribution in [-0.4, -0.2) is 11.2 Å². The molecular formula is C21H18FNOS. The molecule has 0 heterocycles. The summed E-state index contributed by atoms with van der Waals surface area (Å²) in [5.41, 5.74) is 2.82. The van der Waals surface area contributed by atoms with Crippen molar-refractivity contribution in [3.05, 3.63) is 84.7 Å². The predicted octanol–water partition coefficient (Wildman–Crippen LogP) is 5.61. The van der Waals surface area contributed by atoms with E-state index in [1.54, 1.807) is 12.1 Å². The number of thioether (sulfide) groups is 1. The van der Waals surface area contributed by atoms with Crippen LogP contribution in [0.5, 0.6) is 0 Å². The molecular weight excluding hydrogens is 333 g/mol. The number of carbonyl (C=O) groups excluding carboxylic acids is 1. The van der Waals surface area contributed by atoms with E-state index >= 15 is 0 Å². The monoisotopic (exact) mass is 351 g/mol. The molecule has 3 aromatic carbocycles. The van der Waals surface area contributed by atoms with E-state index in [1.165, 1.54) is 23.9 Å². The van der Waals surface area contributed by atoms with Crippen LogP contribution in [0.25, 0.3) is 11.1 Å². The van der Waals surface area contributed by atoms with Gasteiger partial charge >= 0.3 is 0 Å². The quantitative estimate of drug-likeness (QED) is 0.605. The molecule has 0 saturated heterocycles. The van der Waals surface area contributed by atoms with Crippen molar-refractivity contribution in [3.63, 3.8) is 0 Å². The van der Waals surface area contributed by atoms with Crippen molar-refractivity contribution in [3.8, 4) is 11.1 Å². The fourth-order valence-electron chi connectivity index (χ4n) is 2.47. The van der Waals surface area contributed by atoms with Crippen molar-refractivity contribution < 1.29 is 9.18 Å². The van der Waals surface area contributed by atoms with E-state index in [2.05, 4.69) is 5.32 Å². The Morgan fingerprint density at radius 1 is 0.920 bits per heavy atom. The lowest BCUT2D eigenvalue weighted by atomic mass is 10.0. The van der Waals surface area contributed by atoms with E-state index in [0.29, 0.717) is 0 Å². The molecule has 0 aliphatic carbocycles. The highest BCUT2D eigenvalue weighted by Crippen LogP contribution is 2.29. The van der Waals surface area contributed by atoms with Gasteiger partial charge in [0.1, 0.15) is 5.82 Å². The van der Waals surface area contributed by atoms with Gasteiger partial charge in [-0.1, -0.05) is 48.5 Å². The molecule has 0 aromatic heterocycles. The Hall–Kier alpha value is -2.59. The van der Waals surface area contributed by atoms with Gasteiger partial charge in [0.25, 0.3) is 0 Å². The van der Waals surface area contributed by atoms with Gasteiger partial charge in [-0.3, -0.25) is 4.79 Å². The highest BCUT2D eigenvalue weighted by Gasteiger charge is 2.16. The van der Waals surface area contributed by atoms with Gasteiger partial charge in [-0.05, 0) is 42.8 Å². The number of hydrogen-bond donors (Lipinski definition) is 1. The molecule has 0 aliphatic heterocycles. The number of halogens is 1. The zero-order valence-electron chi connectivity index (χ0n) is 13.8. The van der Waals surface area contributed by atoms with Gasteiger partial charge in [0.05, 0.1) is 5.25 Å². The lowest BCUT2D eigenvalue weighted by Gasteiger charge is -2.15. The Balaban J connectivity index is 1.74. The van der Waals surface area contributed by atoms with Crippen LogP contribution in [0.2, 0.25) is 0 Å². The van der Waals surface area contributed by atoms with Crippen LogP contribution in [0, 0.1) is 5.82 Å². The summed E-state index contributed by atoms with van der Waals surface area (Å²) in [5, 5.41) is 2.71. The number of hydrogen-bond acceptors (Lipinski definition) is 2.